The van der Waals surface area contributed by atoms with Gasteiger partial charge in [-0.05, 0) is 49.8 Å². The van der Waals surface area contributed by atoms with Gasteiger partial charge in [-0.2, -0.15) is 13.2 Å². The molecule has 28 heavy (non-hydrogen) atoms. The average molecular weight is 416 g/mol. The van der Waals surface area contributed by atoms with Crippen LogP contribution >= 0.6 is 11.6 Å². The Morgan fingerprint density at radius 2 is 2.00 bits per heavy atom. The number of carbonyl (C=O) groups is 1. The maximum Gasteiger partial charge on any atom is 0.416 e. The van der Waals surface area contributed by atoms with Crippen LogP contribution in [-0.4, -0.2) is 33.3 Å². The van der Waals surface area contributed by atoms with Crippen LogP contribution in [0.15, 0.2) is 24.5 Å². The van der Waals surface area contributed by atoms with Gasteiger partial charge in [0.25, 0.3) is 5.91 Å². The number of rotatable bonds is 5. The van der Waals surface area contributed by atoms with Crippen molar-refractivity contribution in [3.8, 4) is 0 Å². The zero-order valence-corrected chi connectivity index (χ0v) is 16.0. The molecule has 2 aromatic rings. The van der Waals surface area contributed by atoms with E-state index < -0.39 is 17.6 Å². The predicted octanol–water partition coefficient (Wildman–Crippen LogP) is 3.89. The van der Waals surface area contributed by atoms with Crippen LogP contribution in [0.5, 0.6) is 0 Å². The van der Waals surface area contributed by atoms with Crippen molar-refractivity contribution in [1.29, 1.82) is 0 Å². The highest BCUT2D eigenvalue weighted by Crippen LogP contribution is 2.32. The molecule has 6 nitrogen and oxygen atoms in total. The number of carbonyl (C=O) groups excluding carboxylic acids is 1. The maximum absolute atomic E-state index is 12.9. The lowest BCUT2D eigenvalue weighted by molar-refractivity contribution is -0.137. The number of aryl methyl sites for hydroxylation is 1. The molecule has 1 aromatic heterocycles. The molecule has 0 aliphatic heterocycles. The van der Waals surface area contributed by atoms with Crippen LogP contribution in [0.4, 0.5) is 19.1 Å². The minimum Gasteiger partial charge on any atom is -0.353 e. The average Bonchev–Trinajstić information content (AvgIpc) is 3.06. The van der Waals surface area contributed by atoms with Gasteiger partial charge in [-0.25, -0.2) is 4.98 Å². The number of aromatic nitrogens is 3. The van der Waals surface area contributed by atoms with Crippen LogP contribution < -0.4 is 10.6 Å². The highest BCUT2D eigenvalue weighted by molar-refractivity contribution is 6.33. The molecule has 1 heterocycles. The van der Waals surface area contributed by atoms with Crippen LogP contribution in [0.2, 0.25) is 5.02 Å². The molecule has 3 rings (SSSR count). The van der Waals surface area contributed by atoms with Gasteiger partial charge >= 0.3 is 6.18 Å². The van der Waals surface area contributed by atoms with Crippen LogP contribution in [0, 0.1) is 5.92 Å². The van der Waals surface area contributed by atoms with Gasteiger partial charge in [0.2, 0.25) is 5.95 Å². The Kier molecular flexibility index (Phi) is 6.12. The summed E-state index contributed by atoms with van der Waals surface area (Å²) in [5.74, 6) is 0.432. The Bertz CT molecular complexity index is 831. The number of alkyl halides is 3. The fraction of sp³-hybridized carbons (Fsp3) is 0.500. The second kappa shape index (κ2) is 8.38. The van der Waals surface area contributed by atoms with E-state index in [-0.39, 0.29) is 16.6 Å². The van der Waals surface area contributed by atoms with Crippen LogP contribution in [0.25, 0.3) is 0 Å². The third-order valence-corrected chi connectivity index (χ3v) is 5.20. The number of nitrogens with zero attached hydrogens (tertiary/aromatic N) is 3. The lowest BCUT2D eigenvalue weighted by Crippen LogP contribution is -2.38. The fourth-order valence-corrected chi connectivity index (χ4v) is 3.51. The van der Waals surface area contributed by atoms with E-state index in [2.05, 4.69) is 20.7 Å². The number of benzene rings is 1. The Morgan fingerprint density at radius 1 is 1.29 bits per heavy atom. The third-order valence-electron chi connectivity index (χ3n) is 4.87. The zero-order valence-electron chi connectivity index (χ0n) is 15.3. The standard InChI is InChI=1S/C18H21ClF3N5O/c1-27-10-24-17(26-27)23-9-11-2-5-13(6-3-11)25-16(28)14-8-12(18(20,21)22)4-7-15(14)19/h4,7-8,10-11,13H,2-3,5-6,9H2,1H3,(H,23,26)(H,25,28)/t11-,13-. The van der Waals surface area contributed by atoms with E-state index in [4.69, 9.17) is 11.6 Å². The summed E-state index contributed by atoms with van der Waals surface area (Å²) in [7, 11) is 1.79. The van der Waals surface area contributed by atoms with E-state index in [1.54, 1.807) is 18.1 Å². The summed E-state index contributed by atoms with van der Waals surface area (Å²) in [6.07, 6.45) is 0.387. The molecule has 0 atom stereocenters. The summed E-state index contributed by atoms with van der Waals surface area (Å²) >= 11 is 5.93. The molecule has 0 bridgehead atoms. The molecule has 10 heteroatoms. The van der Waals surface area contributed by atoms with Crippen molar-refractivity contribution < 1.29 is 18.0 Å². The van der Waals surface area contributed by atoms with E-state index in [1.807, 2.05) is 0 Å². The Balaban J connectivity index is 1.51. The first-order valence-electron chi connectivity index (χ1n) is 8.99. The van der Waals surface area contributed by atoms with Crippen LogP contribution in [0.1, 0.15) is 41.6 Å². The van der Waals surface area contributed by atoms with Crippen molar-refractivity contribution >= 4 is 23.5 Å². The summed E-state index contributed by atoms with van der Waals surface area (Å²) in [6.45, 7) is 0.740. The fourth-order valence-electron chi connectivity index (χ4n) is 3.31. The summed E-state index contributed by atoms with van der Waals surface area (Å²) in [5.41, 5.74) is -1.04. The minimum atomic E-state index is -4.52. The first-order valence-corrected chi connectivity index (χ1v) is 9.37. The van der Waals surface area contributed by atoms with Gasteiger partial charge in [-0.3, -0.25) is 9.48 Å². The third kappa shape index (κ3) is 5.15. The largest absolute Gasteiger partial charge is 0.416 e. The minimum absolute atomic E-state index is 0.00578. The van der Waals surface area contributed by atoms with E-state index >= 15 is 0 Å². The molecule has 1 fully saturated rings. The highest BCUT2D eigenvalue weighted by Gasteiger charge is 2.32. The number of amides is 1. The monoisotopic (exact) mass is 415 g/mol. The maximum atomic E-state index is 12.9. The van der Waals surface area contributed by atoms with Gasteiger partial charge in [0, 0.05) is 19.6 Å². The molecule has 152 valence electrons. The lowest BCUT2D eigenvalue weighted by atomic mass is 9.86. The van der Waals surface area contributed by atoms with Crippen LogP contribution in [-0.2, 0) is 13.2 Å². The smallest absolute Gasteiger partial charge is 0.353 e. The molecule has 1 aliphatic rings. The zero-order chi connectivity index (χ0) is 20.3. The number of nitrogens with one attached hydrogen (secondary N) is 2. The van der Waals surface area contributed by atoms with E-state index in [1.165, 1.54) is 0 Å². The van der Waals surface area contributed by atoms with E-state index in [0.717, 1.165) is 50.4 Å². The van der Waals surface area contributed by atoms with Gasteiger partial charge < -0.3 is 10.6 Å². The van der Waals surface area contributed by atoms with Crippen molar-refractivity contribution in [2.24, 2.45) is 13.0 Å². The first kappa shape index (κ1) is 20.4. The van der Waals surface area contributed by atoms with Crippen molar-refractivity contribution in [3.63, 3.8) is 0 Å². The molecule has 1 aliphatic carbocycles. The summed E-state index contributed by atoms with van der Waals surface area (Å²) in [5, 5.41) is 10.2. The SMILES string of the molecule is Cn1cnc(NC[C@H]2CC[C@H](NC(=O)c3cc(C(F)(F)F)ccc3Cl)CC2)n1. The Hall–Kier alpha value is -2.29. The van der Waals surface area contributed by atoms with Crippen molar-refractivity contribution in [2.45, 2.75) is 37.9 Å². The predicted molar refractivity (Wildman–Crippen MR) is 99.2 cm³/mol. The van der Waals surface area contributed by atoms with Gasteiger partial charge in [-0.15, -0.1) is 5.10 Å². The molecule has 1 amide bonds. The molecule has 2 N–H and O–H groups in total. The lowest BCUT2D eigenvalue weighted by Gasteiger charge is -2.29. The van der Waals surface area contributed by atoms with Crippen molar-refractivity contribution in [1.82, 2.24) is 20.1 Å². The molecular formula is C18H21ClF3N5O. The number of halogens is 4. The second-order valence-corrected chi connectivity index (χ2v) is 7.41. The summed E-state index contributed by atoms with van der Waals surface area (Å²) < 4.78 is 40.2. The topological polar surface area (TPSA) is 71.8 Å². The van der Waals surface area contributed by atoms with Crippen molar-refractivity contribution in [2.75, 3.05) is 11.9 Å². The number of anilines is 1. The Labute approximate surface area is 165 Å². The normalized spacial score (nSPS) is 20.0. The van der Waals surface area contributed by atoms with E-state index in [9.17, 15) is 18.0 Å². The van der Waals surface area contributed by atoms with Crippen molar-refractivity contribution in [3.05, 3.63) is 40.7 Å². The molecule has 0 saturated heterocycles. The second-order valence-electron chi connectivity index (χ2n) is 7.01. The molecule has 1 saturated carbocycles. The Morgan fingerprint density at radius 3 is 2.61 bits per heavy atom. The quantitative estimate of drug-likeness (QED) is 0.777. The molecule has 1 aromatic carbocycles. The number of hydrogen-bond donors (Lipinski definition) is 2. The molecule has 0 unspecified atom stereocenters. The van der Waals surface area contributed by atoms with Gasteiger partial charge in [0.05, 0.1) is 16.1 Å². The molecule has 0 radical (unpaired) electrons. The number of hydrogen-bond acceptors (Lipinski definition) is 4. The first-order chi connectivity index (χ1) is 13.2. The van der Waals surface area contributed by atoms with Crippen LogP contribution in [0.3, 0.4) is 0 Å². The van der Waals surface area contributed by atoms with Gasteiger partial charge in [-0.1, -0.05) is 11.6 Å². The van der Waals surface area contributed by atoms with E-state index in [0.29, 0.717) is 11.9 Å². The summed E-state index contributed by atoms with van der Waals surface area (Å²) in [6, 6.07) is 2.69. The molecular weight excluding hydrogens is 395 g/mol. The molecule has 0 spiro atoms. The summed E-state index contributed by atoms with van der Waals surface area (Å²) in [4.78, 5) is 16.5. The van der Waals surface area contributed by atoms with Gasteiger partial charge in [0.1, 0.15) is 6.33 Å². The highest BCUT2D eigenvalue weighted by atomic mass is 35.5. The van der Waals surface area contributed by atoms with Gasteiger partial charge in [0.15, 0.2) is 0 Å².